The van der Waals surface area contributed by atoms with Gasteiger partial charge in [0.2, 0.25) is 5.91 Å². The van der Waals surface area contributed by atoms with Crippen LogP contribution in [0.4, 0.5) is 8.78 Å². The first-order valence-corrected chi connectivity index (χ1v) is 7.65. The van der Waals surface area contributed by atoms with Crippen LogP contribution in [0.15, 0.2) is 48.5 Å². The lowest BCUT2D eigenvalue weighted by molar-refractivity contribution is -0.121. The number of ether oxygens (including phenoxy) is 3. The number of rotatable bonds is 9. The molecule has 0 saturated heterocycles. The summed E-state index contributed by atoms with van der Waals surface area (Å²) >= 11 is 0. The van der Waals surface area contributed by atoms with Gasteiger partial charge in [-0.05, 0) is 18.2 Å². The summed E-state index contributed by atoms with van der Waals surface area (Å²) in [5, 5.41) is 2.65. The summed E-state index contributed by atoms with van der Waals surface area (Å²) in [4.78, 5) is 11.9. The van der Waals surface area contributed by atoms with Gasteiger partial charge in [-0.15, -0.1) is 0 Å². The van der Waals surface area contributed by atoms with Gasteiger partial charge in [-0.25, -0.2) is 0 Å². The molecule has 0 spiro atoms. The van der Waals surface area contributed by atoms with Crippen molar-refractivity contribution in [3.8, 4) is 17.2 Å². The van der Waals surface area contributed by atoms with Crippen LogP contribution < -0.4 is 19.5 Å². The van der Waals surface area contributed by atoms with Crippen LogP contribution in [0.5, 0.6) is 17.2 Å². The Morgan fingerprint density at radius 3 is 2.36 bits per heavy atom. The maximum atomic E-state index is 12.4. The Morgan fingerprint density at radius 2 is 1.68 bits per heavy atom. The molecule has 2 aromatic carbocycles. The predicted molar refractivity (Wildman–Crippen MR) is 88.0 cm³/mol. The van der Waals surface area contributed by atoms with Crippen molar-refractivity contribution in [2.45, 2.75) is 19.6 Å². The van der Waals surface area contributed by atoms with E-state index in [1.54, 1.807) is 36.4 Å². The molecule has 0 bridgehead atoms. The number of carbonyl (C=O) groups excluding carboxylic acids is 1. The average Bonchev–Trinajstić information content (AvgIpc) is 2.61. The van der Waals surface area contributed by atoms with E-state index in [2.05, 4.69) is 10.1 Å². The summed E-state index contributed by atoms with van der Waals surface area (Å²) in [6.07, 6.45) is 0.121. The van der Waals surface area contributed by atoms with Gasteiger partial charge in [-0.3, -0.25) is 4.79 Å². The van der Waals surface area contributed by atoms with E-state index in [-0.39, 0.29) is 31.2 Å². The molecule has 1 amide bonds. The van der Waals surface area contributed by atoms with Gasteiger partial charge in [0, 0.05) is 12.1 Å². The number of hydrogen-bond acceptors (Lipinski definition) is 4. The van der Waals surface area contributed by atoms with Crippen LogP contribution in [0.3, 0.4) is 0 Å². The highest BCUT2D eigenvalue weighted by Crippen LogP contribution is 2.25. The minimum absolute atomic E-state index is 0.0445. The number of carbonyl (C=O) groups is 1. The van der Waals surface area contributed by atoms with E-state index in [4.69, 9.17) is 9.47 Å². The minimum Gasteiger partial charge on any atom is -0.493 e. The molecule has 1 N–H and O–H groups in total. The maximum absolute atomic E-state index is 12.4. The van der Waals surface area contributed by atoms with Gasteiger partial charge in [-0.2, -0.15) is 8.78 Å². The number of methoxy groups -OCH3 is 1. The molecule has 7 heteroatoms. The number of benzene rings is 2. The topological polar surface area (TPSA) is 56.8 Å². The van der Waals surface area contributed by atoms with Crippen LogP contribution in [-0.4, -0.2) is 26.2 Å². The van der Waals surface area contributed by atoms with E-state index < -0.39 is 6.61 Å². The van der Waals surface area contributed by atoms with E-state index in [0.717, 1.165) is 0 Å². The average molecular weight is 351 g/mol. The molecule has 134 valence electrons. The Hall–Kier alpha value is -2.83. The first-order chi connectivity index (χ1) is 12.1. The fourth-order valence-electron chi connectivity index (χ4n) is 2.13. The zero-order valence-electron chi connectivity index (χ0n) is 13.7. The molecule has 0 saturated carbocycles. The van der Waals surface area contributed by atoms with Crippen LogP contribution >= 0.6 is 0 Å². The second-order valence-electron chi connectivity index (χ2n) is 5.01. The Morgan fingerprint density at radius 1 is 1.04 bits per heavy atom. The van der Waals surface area contributed by atoms with E-state index >= 15 is 0 Å². The van der Waals surface area contributed by atoms with E-state index in [1.807, 2.05) is 6.07 Å². The number of para-hydroxylation sites is 3. The number of nitrogens with one attached hydrogen (secondary N) is 1. The molecule has 0 aromatic heterocycles. The molecule has 2 rings (SSSR count). The Balaban J connectivity index is 1.80. The second-order valence-corrected chi connectivity index (χ2v) is 5.01. The summed E-state index contributed by atoms with van der Waals surface area (Å²) in [7, 11) is 1.54. The summed E-state index contributed by atoms with van der Waals surface area (Å²) in [5.74, 6) is 0.916. The van der Waals surface area contributed by atoms with Gasteiger partial charge in [0.25, 0.3) is 0 Å². The molecule has 0 unspecified atom stereocenters. The minimum atomic E-state index is -2.91. The third-order valence-corrected chi connectivity index (χ3v) is 3.32. The van der Waals surface area contributed by atoms with Gasteiger partial charge < -0.3 is 19.5 Å². The molecule has 0 aliphatic heterocycles. The van der Waals surface area contributed by atoms with Gasteiger partial charge in [0.1, 0.15) is 5.75 Å². The molecule has 5 nitrogen and oxygen atoms in total. The molecular formula is C18H19F2NO4. The number of hydrogen-bond donors (Lipinski definition) is 1. The van der Waals surface area contributed by atoms with E-state index in [0.29, 0.717) is 17.1 Å². The summed E-state index contributed by atoms with van der Waals surface area (Å²) < 4.78 is 39.8. The fraction of sp³-hybridized carbons (Fsp3) is 0.278. The van der Waals surface area contributed by atoms with Crippen LogP contribution in [0.1, 0.15) is 12.0 Å². The number of alkyl halides is 2. The van der Waals surface area contributed by atoms with Crippen LogP contribution in [0, 0.1) is 0 Å². The molecule has 25 heavy (non-hydrogen) atoms. The van der Waals surface area contributed by atoms with Crippen LogP contribution in [0.2, 0.25) is 0 Å². The van der Waals surface area contributed by atoms with Crippen LogP contribution in [0.25, 0.3) is 0 Å². The van der Waals surface area contributed by atoms with E-state index in [9.17, 15) is 13.6 Å². The third-order valence-electron chi connectivity index (χ3n) is 3.32. The fourth-order valence-corrected chi connectivity index (χ4v) is 2.13. The van der Waals surface area contributed by atoms with Gasteiger partial charge in [0.05, 0.1) is 20.1 Å². The molecular weight excluding hydrogens is 332 g/mol. The standard InChI is InChI=1S/C18H19F2NO4/c1-23-15-8-4-5-9-16(15)24-11-10-17(22)21-12-13-6-2-3-7-14(13)25-18(19)20/h2-9,18H,10-12H2,1H3,(H,21,22). The van der Waals surface area contributed by atoms with Crippen molar-refractivity contribution in [1.29, 1.82) is 0 Å². The molecule has 0 radical (unpaired) electrons. The highest BCUT2D eigenvalue weighted by molar-refractivity contribution is 5.76. The molecule has 0 fully saturated rings. The zero-order valence-corrected chi connectivity index (χ0v) is 13.7. The van der Waals surface area contributed by atoms with Crippen molar-refractivity contribution in [2.75, 3.05) is 13.7 Å². The lowest BCUT2D eigenvalue weighted by Crippen LogP contribution is -2.24. The first kappa shape index (κ1) is 18.5. The summed E-state index contributed by atoms with van der Waals surface area (Å²) in [6.45, 7) is -2.65. The highest BCUT2D eigenvalue weighted by atomic mass is 19.3. The van der Waals surface area contributed by atoms with Crippen molar-refractivity contribution in [3.05, 3.63) is 54.1 Å². The number of amides is 1. The molecule has 2 aromatic rings. The largest absolute Gasteiger partial charge is 0.493 e. The quantitative estimate of drug-likeness (QED) is 0.752. The molecule has 0 heterocycles. The summed E-state index contributed by atoms with van der Waals surface area (Å²) in [6, 6.07) is 13.4. The van der Waals surface area contributed by atoms with Crippen molar-refractivity contribution in [1.82, 2.24) is 5.32 Å². The lowest BCUT2D eigenvalue weighted by Gasteiger charge is -2.12. The van der Waals surface area contributed by atoms with Crippen molar-refractivity contribution < 1.29 is 27.8 Å². The lowest BCUT2D eigenvalue weighted by atomic mass is 10.2. The maximum Gasteiger partial charge on any atom is 0.387 e. The van der Waals surface area contributed by atoms with Gasteiger partial charge >= 0.3 is 6.61 Å². The molecule has 0 atom stereocenters. The Bertz CT molecular complexity index is 694. The predicted octanol–water partition coefficient (Wildman–Crippen LogP) is 3.38. The van der Waals surface area contributed by atoms with Crippen molar-refractivity contribution in [3.63, 3.8) is 0 Å². The molecule has 0 aliphatic rings. The monoisotopic (exact) mass is 351 g/mol. The summed E-state index contributed by atoms with van der Waals surface area (Å²) in [5.41, 5.74) is 0.474. The Kier molecular flexibility index (Phi) is 7.00. The smallest absolute Gasteiger partial charge is 0.387 e. The Labute approximate surface area is 144 Å². The zero-order chi connectivity index (χ0) is 18.1. The SMILES string of the molecule is COc1ccccc1OCCC(=O)NCc1ccccc1OC(F)F. The number of halogens is 2. The first-order valence-electron chi connectivity index (χ1n) is 7.65. The molecule has 0 aliphatic carbocycles. The second kappa shape index (κ2) is 9.46. The van der Waals surface area contributed by atoms with Crippen molar-refractivity contribution in [2.24, 2.45) is 0 Å². The normalized spacial score (nSPS) is 10.4. The van der Waals surface area contributed by atoms with Gasteiger partial charge in [0.15, 0.2) is 11.5 Å². The van der Waals surface area contributed by atoms with Crippen molar-refractivity contribution >= 4 is 5.91 Å². The van der Waals surface area contributed by atoms with Gasteiger partial charge in [-0.1, -0.05) is 30.3 Å². The highest BCUT2D eigenvalue weighted by Gasteiger charge is 2.10. The van der Waals surface area contributed by atoms with Crippen LogP contribution in [-0.2, 0) is 11.3 Å². The third kappa shape index (κ3) is 5.95. The van der Waals surface area contributed by atoms with E-state index in [1.165, 1.54) is 13.2 Å².